The van der Waals surface area contributed by atoms with Gasteiger partial charge in [0.2, 0.25) is 0 Å². The van der Waals surface area contributed by atoms with E-state index in [-0.39, 0.29) is 18.5 Å². The van der Waals surface area contributed by atoms with E-state index in [1.165, 1.54) is 6.07 Å². The Labute approximate surface area is 115 Å². The molecular weight excluding hydrogens is 243 g/mol. The van der Waals surface area contributed by atoms with E-state index in [0.29, 0.717) is 12.1 Å². The Morgan fingerprint density at radius 2 is 2.05 bits per heavy atom. The van der Waals surface area contributed by atoms with Gasteiger partial charge in [-0.15, -0.1) is 0 Å². The van der Waals surface area contributed by atoms with Crippen molar-refractivity contribution in [3.05, 3.63) is 29.1 Å². The van der Waals surface area contributed by atoms with Gasteiger partial charge in [0.25, 0.3) is 0 Å². The van der Waals surface area contributed by atoms with Crippen LogP contribution in [0.25, 0.3) is 0 Å². The van der Waals surface area contributed by atoms with E-state index in [9.17, 15) is 9.50 Å². The van der Waals surface area contributed by atoms with E-state index in [4.69, 9.17) is 5.73 Å². The average molecular weight is 268 g/mol. The van der Waals surface area contributed by atoms with Crippen molar-refractivity contribution < 1.29 is 9.50 Å². The first-order chi connectivity index (χ1) is 9.01. The predicted octanol–water partition coefficient (Wildman–Crippen LogP) is 2.75. The van der Waals surface area contributed by atoms with Crippen molar-refractivity contribution in [1.82, 2.24) is 0 Å². The largest absolute Gasteiger partial charge is 0.395 e. The molecule has 3 N–H and O–H groups in total. The van der Waals surface area contributed by atoms with E-state index in [1.807, 2.05) is 13.0 Å². The summed E-state index contributed by atoms with van der Waals surface area (Å²) in [6.45, 7) is 7.20. The van der Waals surface area contributed by atoms with Crippen LogP contribution in [0.5, 0.6) is 0 Å². The molecule has 0 fully saturated rings. The minimum Gasteiger partial charge on any atom is -0.395 e. The highest BCUT2D eigenvalue weighted by Crippen LogP contribution is 2.28. The maximum Gasteiger partial charge on any atom is 0.126 e. The summed E-state index contributed by atoms with van der Waals surface area (Å²) in [7, 11) is 0. The lowest BCUT2D eigenvalue weighted by Crippen LogP contribution is -2.29. The number of unbranched alkanes of at least 4 members (excludes halogenated alkanes) is 1. The molecule has 0 radical (unpaired) electrons. The topological polar surface area (TPSA) is 49.5 Å². The molecule has 1 rings (SSSR count). The van der Waals surface area contributed by atoms with E-state index in [2.05, 4.69) is 11.8 Å². The minimum atomic E-state index is -0.229. The molecule has 0 unspecified atom stereocenters. The second-order valence-electron chi connectivity index (χ2n) is 5.01. The summed E-state index contributed by atoms with van der Waals surface area (Å²) in [6.07, 6.45) is 2.12. The van der Waals surface area contributed by atoms with Gasteiger partial charge in [0, 0.05) is 24.8 Å². The Morgan fingerprint density at radius 1 is 1.37 bits per heavy atom. The second kappa shape index (κ2) is 7.46. The quantitative estimate of drug-likeness (QED) is 0.799. The summed E-state index contributed by atoms with van der Waals surface area (Å²) < 4.78 is 13.7. The molecule has 3 nitrogen and oxygen atoms in total. The van der Waals surface area contributed by atoms with Crippen LogP contribution in [-0.4, -0.2) is 24.8 Å². The van der Waals surface area contributed by atoms with Gasteiger partial charge in [0.05, 0.1) is 6.61 Å². The zero-order valence-electron chi connectivity index (χ0n) is 12.1. The van der Waals surface area contributed by atoms with E-state index in [0.717, 1.165) is 30.6 Å². The fourth-order valence-electron chi connectivity index (χ4n) is 2.14. The zero-order chi connectivity index (χ0) is 14.4. The summed E-state index contributed by atoms with van der Waals surface area (Å²) in [4.78, 5) is 2.09. The maximum absolute atomic E-state index is 13.7. The third-order valence-electron chi connectivity index (χ3n) is 3.29. The number of benzene rings is 1. The SMILES string of the molecule is CCCCN(CCO)c1cc(C)c(F)cc1[C@@H](C)N. The fourth-order valence-corrected chi connectivity index (χ4v) is 2.14. The second-order valence-corrected chi connectivity index (χ2v) is 5.01. The minimum absolute atomic E-state index is 0.0819. The van der Waals surface area contributed by atoms with Crippen LogP contribution in [0.1, 0.15) is 43.9 Å². The van der Waals surface area contributed by atoms with Crippen molar-refractivity contribution in [2.45, 2.75) is 39.7 Å². The smallest absolute Gasteiger partial charge is 0.126 e. The number of hydrogen-bond donors (Lipinski definition) is 2. The van der Waals surface area contributed by atoms with Crippen LogP contribution in [0.3, 0.4) is 0 Å². The van der Waals surface area contributed by atoms with Gasteiger partial charge in [-0.1, -0.05) is 13.3 Å². The molecule has 0 heterocycles. The lowest BCUT2D eigenvalue weighted by molar-refractivity contribution is 0.301. The van der Waals surface area contributed by atoms with Crippen molar-refractivity contribution in [3.63, 3.8) is 0 Å². The molecule has 0 amide bonds. The number of hydrogen-bond acceptors (Lipinski definition) is 3. The van der Waals surface area contributed by atoms with Gasteiger partial charge < -0.3 is 15.7 Å². The highest BCUT2D eigenvalue weighted by Gasteiger charge is 2.16. The first kappa shape index (κ1) is 15.9. The summed E-state index contributed by atoms with van der Waals surface area (Å²) >= 11 is 0. The van der Waals surface area contributed by atoms with Crippen LogP contribution < -0.4 is 10.6 Å². The van der Waals surface area contributed by atoms with Gasteiger partial charge >= 0.3 is 0 Å². The molecular formula is C15H25FN2O. The van der Waals surface area contributed by atoms with Crippen molar-refractivity contribution in [2.24, 2.45) is 5.73 Å². The molecule has 19 heavy (non-hydrogen) atoms. The van der Waals surface area contributed by atoms with Crippen LogP contribution in [0.15, 0.2) is 12.1 Å². The Morgan fingerprint density at radius 3 is 2.58 bits per heavy atom. The number of aliphatic hydroxyl groups is 1. The molecule has 0 saturated heterocycles. The van der Waals surface area contributed by atoms with Crippen molar-refractivity contribution in [2.75, 3.05) is 24.6 Å². The summed E-state index contributed by atoms with van der Waals surface area (Å²) in [5, 5.41) is 9.20. The van der Waals surface area contributed by atoms with E-state index in [1.54, 1.807) is 6.92 Å². The van der Waals surface area contributed by atoms with Crippen LogP contribution >= 0.6 is 0 Å². The number of aryl methyl sites for hydroxylation is 1. The predicted molar refractivity (Wildman–Crippen MR) is 77.9 cm³/mol. The van der Waals surface area contributed by atoms with Gasteiger partial charge in [-0.2, -0.15) is 0 Å². The molecule has 0 aliphatic carbocycles. The highest BCUT2D eigenvalue weighted by molar-refractivity contribution is 5.57. The molecule has 4 heteroatoms. The number of anilines is 1. The number of rotatable bonds is 7. The van der Waals surface area contributed by atoms with Gasteiger partial charge in [0.1, 0.15) is 5.82 Å². The van der Waals surface area contributed by atoms with Gasteiger partial charge in [0.15, 0.2) is 0 Å². The third kappa shape index (κ3) is 4.18. The lowest BCUT2D eigenvalue weighted by atomic mass is 10.0. The Bertz CT molecular complexity index is 407. The molecule has 1 aromatic rings. The van der Waals surface area contributed by atoms with Crippen LogP contribution in [0.2, 0.25) is 0 Å². The standard InChI is InChI=1S/C15H25FN2O/c1-4-5-6-18(7-8-19)15-9-11(2)14(16)10-13(15)12(3)17/h9-10,12,19H,4-8,17H2,1-3H3/t12-/m1/s1. The van der Waals surface area contributed by atoms with Gasteiger partial charge in [-0.05, 0) is 43.5 Å². The fraction of sp³-hybridized carbons (Fsp3) is 0.600. The zero-order valence-corrected chi connectivity index (χ0v) is 12.1. The van der Waals surface area contributed by atoms with Crippen LogP contribution in [-0.2, 0) is 0 Å². The summed E-state index contributed by atoms with van der Waals surface area (Å²) in [5.41, 5.74) is 8.29. The number of aliphatic hydroxyl groups excluding tert-OH is 1. The maximum atomic E-state index is 13.7. The monoisotopic (exact) mass is 268 g/mol. The van der Waals surface area contributed by atoms with Gasteiger partial charge in [-0.25, -0.2) is 4.39 Å². The highest BCUT2D eigenvalue weighted by atomic mass is 19.1. The average Bonchev–Trinajstić information content (AvgIpc) is 2.37. The molecule has 1 atom stereocenters. The Hall–Kier alpha value is -1.13. The van der Waals surface area contributed by atoms with Crippen molar-refractivity contribution in [3.8, 4) is 0 Å². The molecule has 0 saturated carbocycles. The van der Waals surface area contributed by atoms with Crippen LogP contribution in [0.4, 0.5) is 10.1 Å². The molecule has 0 spiro atoms. The normalized spacial score (nSPS) is 12.5. The number of halogens is 1. The van der Waals surface area contributed by atoms with Crippen LogP contribution in [0, 0.1) is 12.7 Å². The first-order valence-electron chi connectivity index (χ1n) is 6.92. The molecule has 1 aromatic carbocycles. The Kier molecular flexibility index (Phi) is 6.25. The summed E-state index contributed by atoms with van der Waals surface area (Å²) in [5.74, 6) is -0.226. The lowest BCUT2D eigenvalue weighted by Gasteiger charge is -2.28. The molecule has 0 bridgehead atoms. The molecule has 0 aliphatic rings. The Balaban J connectivity index is 3.15. The van der Waals surface area contributed by atoms with Gasteiger partial charge in [-0.3, -0.25) is 0 Å². The number of nitrogens with zero attached hydrogens (tertiary/aromatic N) is 1. The van der Waals surface area contributed by atoms with E-state index < -0.39 is 0 Å². The molecule has 108 valence electrons. The third-order valence-corrected chi connectivity index (χ3v) is 3.29. The van der Waals surface area contributed by atoms with E-state index >= 15 is 0 Å². The van der Waals surface area contributed by atoms with Crippen molar-refractivity contribution in [1.29, 1.82) is 0 Å². The molecule has 0 aliphatic heterocycles. The first-order valence-corrected chi connectivity index (χ1v) is 6.92. The summed E-state index contributed by atoms with van der Waals surface area (Å²) in [6, 6.07) is 3.12. The molecule has 0 aromatic heterocycles. The number of nitrogens with two attached hydrogens (primary N) is 1. The van der Waals surface area contributed by atoms with Crippen molar-refractivity contribution >= 4 is 5.69 Å².